The van der Waals surface area contributed by atoms with Gasteiger partial charge in [0.25, 0.3) is 8.32 Å². The Bertz CT molecular complexity index is 1390. The van der Waals surface area contributed by atoms with Crippen molar-refractivity contribution in [2.75, 3.05) is 13.1 Å². The molecule has 0 unspecified atom stereocenters. The number of benzene rings is 2. The Labute approximate surface area is 276 Å². The number of hydrogen-bond acceptors (Lipinski definition) is 6. The third-order valence-corrected chi connectivity index (χ3v) is 15.0. The minimum Gasteiger partial charge on any atom is -0.444 e. The molecule has 1 saturated heterocycles. The molecule has 0 aliphatic carbocycles. The number of carbonyl (C=O) groups is 1. The molecular weight excluding hydrogens is 685 g/mol. The minimum absolute atomic E-state index is 0.0150. The Morgan fingerprint density at radius 3 is 1.47 bits per heavy atom. The van der Waals surface area contributed by atoms with Crippen molar-refractivity contribution < 1.29 is 52.6 Å². The van der Waals surface area contributed by atoms with Crippen molar-refractivity contribution in [3.8, 4) is 0 Å². The molecule has 0 radical (unpaired) electrons. The van der Waals surface area contributed by atoms with Crippen LogP contribution in [-0.2, 0) is 23.2 Å². The number of amides is 1. The summed E-state index contributed by atoms with van der Waals surface area (Å²) in [5.41, 5.74) is -8.29. The zero-order valence-electron chi connectivity index (χ0n) is 28.2. The quantitative estimate of drug-likeness (QED) is 0.173. The van der Waals surface area contributed by atoms with E-state index in [9.17, 15) is 39.6 Å². The molecule has 2 aromatic rings. The van der Waals surface area contributed by atoms with E-state index in [4.69, 9.17) is 13.0 Å². The summed E-state index contributed by atoms with van der Waals surface area (Å²) in [6.07, 6.45) is -5.51. The molecule has 7 nitrogen and oxygen atoms in total. The predicted octanol–water partition coefficient (Wildman–Crippen LogP) is 7.58. The molecule has 1 amide bonds. The lowest BCUT2D eigenvalue weighted by Crippen LogP contribution is -2.67. The molecule has 47 heavy (non-hydrogen) atoms. The van der Waals surface area contributed by atoms with Gasteiger partial charge in [-0.05, 0) is 55.8 Å². The first kappa shape index (κ1) is 40.8. The van der Waals surface area contributed by atoms with Gasteiger partial charge < -0.3 is 14.1 Å². The summed E-state index contributed by atoms with van der Waals surface area (Å²) in [6, 6.07) is 16.6. The second-order valence-electron chi connectivity index (χ2n) is 14.3. The number of alkyl halides is 6. The van der Waals surface area contributed by atoms with E-state index in [2.05, 4.69) is 0 Å². The van der Waals surface area contributed by atoms with Gasteiger partial charge >= 0.3 is 27.9 Å². The highest BCUT2D eigenvalue weighted by Crippen LogP contribution is 2.44. The lowest BCUT2D eigenvalue weighted by Gasteiger charge is -2.45. The van der Waals surface area contributed by atoms with Gasteiger partial charge in [0, 0.05) is 25.9 Å². The summed E-state index contributed by atoms with van der Waals surface area (Å²) >= 11 is 0. The first-order valence-corrected chi connectivity index (χ1v) is 21.7. The summed E-state index contributed by atoms with van der Waals surface area (Å²) in [5, 5.41) is 0.0525. The summed E-state index contributed by atoms with van der Waals surface area (Å²) in [6.45, 7) is 15.5. The topological polar surface area (TPSA) is 82.1 Å². The van der Waals surface area contributed by atoms with Gasteiger partial charge in [0.05, 0.1) is 0 Å². The second kappa shape index (κ2) is 14.2. The molecule has 0 N–H and O–H groups in total. The molecule has 1 heterocycles. The maximum absolute atomic E-state index is 13.5. The number of piperidine rings is 1. The molecule has 1 fully saturated rings. The van der Waals surface area contributed by atoms with Crippen LogP contribution in [0.3, 0.4) is 0 Å². The van der Waals surface area contributed by atoms with Gasteiger partial charge in [0.1, 0.15) is 5.60 Å². The van der Waals surface area contributed by atoms with E-state index < -0.39 is 60.8 Å². The van der Waals surface area contributed by atoms with Crippen LogP contribution < -0.4 is 10.4 Å². The zero-order valence-corrected chi connectivity index (χ0v) is 31.0. The standard InChI is InChI=1S/C17H19F3O3SSi.C14H26F3NO3Si/c1-16(2,3)25(14-10-6-4-7-11-14,15-12-8-5-9-13-15)23-24(21,22)17(18,19)20;1-12(2,3)20-11(19)18-9-7-13(8-10-18,14(15,16)17)21-22(4,5)6/h4-13H,1-3H3;7-10H2,1-6H3. The van der Waals surface area contributed by atoms with Crippen LogP contribution in [0.2, 0.25) is 24.7 Å². The molecule has 1 aliphatic rings. The van der Waals surface area contributed by atoms with Crippen molar-refractivity contribution in [2.45, 2.75) is 102 Å². The summed E-state index contributed by atoms with van der Waals surface area (Å²) in [5.74, 6) is 0. The number of hydrogen-bond donors (Lipinski definition) is 0. The number of halogens is 6. The van der Waals surface area contributed by atoms with Gasteiger partial charge in [0.2, 0.25) is 0 Å². The van der Waals surface area contributed by atoms with E-state index >= 15 is 0 Å². The Balaban J connectivity index is 0.000000330. The number of ether oxygens (including phenoxy) is 1. The van der Waals surface area contributed by atoms with E-state index in [1.54, 1.807) is 122 Å². The Morgan fingerprint density at radius 1 is 0.766 bits per heavy atom. The van der Waals surface area contributed by atoms with E-state index in [1.165, 1.54) is 4.90 Å². The largest absolute Gasteiger partial charge is 0.522 e. The third-order valence-electron chi connectivity index (χ3n) is 7.18. The van der Waals surface area contributed by atoms with Gasteiger partial charge in [-0.2, -0.15) is 34.8 Å². The van der Waals surface area contributed by atoms with E-state index in [0.29, 0.717) is 10.4 Å². The molecule has 1 aliphatic heterocycles. The normalized spacial score (nSPS) is 16.6. The molecule has 266 valence electrons. The lowest BCUT2D eigenvalue weighted by molar-refractivity contribution is -0.263. The molecule has 0 saturated carbocycles. The average Bonchev–Trinajstić information content (AvgIpc) is 2.89. The maximum Gasteiger partial charge on any atom is 0.522 e. The Morgan fingerprint density at radius 2 is 1.17 bits per heavy atom. The highest BCUT2D eigenvalue weighted by Gasteiger charge is 2.60. The van der Waals surface area contributed by atoms with E-state index in [1.807, 2.05) is 0 Å². The SMILES string of the molecule is CC(C)(C)OC(=O)N1CCC(O[Si](C)(C)C)(C(F)(F)F)CC1.CC(C)(C)[Si](OS(=O)(=O)C(F)(F)F)(c1ccccc1)c1ccccc1. The number of likely N-dealkylation sites (tertiary alicyclic amines) is 1. The van der Waals surface area contributed by atoms with Crippen molar-refractivity contribution >= 4 is 43.2 Å². The number of carbonyl (C=O) groups excluding carboxylic acids is 1. The van der Waals surface area contributed by atoms with Crippen molar-refractivity contribution in [1.29, 1.82) is 0 Å². The maximum atomic E-state index is 13.5. The van der Waals surface area contributed by atoms with Gasteiger partial charge in [-0.3, -0.25) is 3.87 Å². The van der Waals surface area contributed by atoms with Crippen LogP contribution >= 0.6 is 0 Å². The Kier molecular flexibility index (Phi) is 12.3. The van der Waals surface area contributed by atoms with Crippen molar-refractivity contribution in [1.82, 2.24) is 4.90 Å². The van der Waals surface area contributed by atoms with E-state index in [-0.39, 0.29) is 25.9 Å². The molecule has 0 bridgehead atoms. The summed E-state index contributed by atoms with van der Waals surface area (Å²) in [4.78, 5) is 13.3. The van der Waals surface area contributed by atoms with Gasteiger partial charge in [-0.1, -0.05) is 81.4 Å². The summed E-state index contributed by atoms with van der Waals surface area (Å²) < 4.78 is 119. The van der Waals surface area contributed by atoms with Gasteiger partial charge in [-0.15, -0.1) is 0 Å². The summed E-state index contributed by atoms with van der Waals surface area (Å²) in [7, 11) is -11.9. The molecule has 0 atom stereocenters. The molecule has 0 aromatic heterocycles. The van der Waals surface area contributed by atoms with Crippen LogP contribution in [0.4, 0.5) is 31.1 Å². The van der Waals surface area contributed by atoms with Crippen LogP contribution in [0.5, 0.6) is 0 Å². The van der Waals surface area contributed by atoms with Crippen LogP contribution in [0.25, 0.3) is 0 Å². The highest BCUT2D eigenvalue weighted by atomic mass is 32.2. The fraction of sp³-hybridized carbons (Fsp3) is 0.581. The smallest absolute Gasteiger partial charge is 0.444 e. The number of rotatable bonds is 6. The predicted molar refractivity (Wildman–Crippen MR) is 174 cm³/mol. The fourth-order valence-electron chi connectivity index (χ4n) is 5.22. The Hall–Kier alpha value is -2.41. The van der Waals surface area contributed by atoms with Crippen molar-refractivity contribution in [2.24, 2.45) is 0 Å². The molecule has 16 heteroatoms. The zero-order chi connectivity index (χ0) is 36.3. The van der Waals surface area contributed by atoms with Crippen LogP contribution in [0.15, 0.2) is 60.7 Å². The van der Waals surface area contributed by atoms with Crippen molar-refractivity contribution in [3.05, 3.63) is 60.7 Å². The van der Waals surface area contributed by atoms with Crippen LogP contribution in [-0.4, -0.2) is 72.0 Å². The first-order valence-electron chi connectivity index (χ1n) is 14.9. The number of nitrogens with zero attached hydrogens (tertiary/aromatic N) is 1. The lowest BCUT2D eigenvalue weighted by atomic mass is 9.91. The minimum atomic E-state index is -5.77. The average molecular weight is 730 g/mol. The highest BCUT2D eigenvalue weighted by molar-refractivity contribution is 7.88. The van der Waals surface area contributed by atoms with E-state index in [0.717, 1.165) is 0 Å². The van der Waals surface area contributed by atoms with Crippen LogP contribution in [0.1, 0.15) is 54.4 Å². The van der Waals surface area contributed by atoms with Crippen LogP contribution in [0, 0.1) is 0 Å². The molecule has 0 spiro atoms. The molecule has 3 rings (SSSR count). The second-order valence-corrected chi connectivity index (χ2v) is 24.8. The fourth-order valence-corrected chi connectivity index (χ4v) is 13.6. The molecule has 2 aromatic carbocycles. The third kappa shape index (κ3) is 10.3. The first-order chi connectivity index (χ1) is 21.1. The molecular formula is C31H45F6NO6SSi2. The van der Waals surface area contributed by atoms with Gasteiger partial charge in [-0.25, -0.2) is 4.79 Å². The van der Waals surface area contributed by atoms with Gasteiger partial charge in [0.15, 0.2) is 13.9 Å². The van der Waals surface area contributed by atoms with Crippen molar-refractivity contribution in [3.63, 3.8) is 0 Å². The monoisotopic (exact) mass is 729 g/mol.